The van der Waals surface area contributed by atoms with E-state index in [1.54, 1.807) is 0 Å². The number of nitrogens with zero attached hydrogens (tertiary/aromatic N) is 3. The van der Waals surface area contributed by atoms with Crippen molar-refractivity contribution in [3.05, 3.63) is 23.3 Å². The molecule has 3 heterocycles. The molecule has 0 radical (unpaired) electrons. The molecule has 1 unspecified atom stereocenters. The van der Waals surface area contributed by atoms with E-state index in [-0.39, 0.29) is 6.04 Å². The van der Waals surface area contributed by atoms with Crippen molar-refractivity contribution in [2.24, 2.45) is 0 Å². The van der Waals surface area contributed by atoms with Gasteiger partial charge in [-0.2, -0.15) is 13.2 Å². The maximum Gasteiger partial charge on any atom is 0.424 e. The van der Waals surface area contributed by atoms with Gasteiger partial charge in [-0.15, -0.1) is 0 Å². The van der Waals surface area contributed by atoms with Gasteiger partial charge in [0.1, 0.15) is 11.5 Å². The molecule has 1 aliphatic carbocycles. The summed E-state index contributed by atoms with van der Waals surface area (Å²) in [5, 5.41) is 14.0. The van der Waals surface area contributed by atoms with E-state index in [4.69, 9.17) is 4.52 Å². The average molecular weight is 327 g/mol. The summed E-state index contributed by atoms with van der Waals surface area (Å²) in [4.78, 5) is 3.87. The standard InChI is InChI=1S/C15H16F3N3O2/c1-7-5-9-11(20-23-12(9)8-3-4-8)10-6-19-13(21(7)10)14(2,22)15(16,17)18/h6-8,22H,3-5H2,1-2H3/t7-,14?/m0/s1. The fourth-order valence-electron chi connectivity index (χ4n) is 3.24. The molecule has 5 nitrogen and oxygen atoms in total. The molecule has 1 N–H and O–H groups in total. The van der Waals surface area contributed by atoms with E-state index in [0.29, 0.717) is 23.7 Å². The SMILES string of the molecule is C[C@H]1Cc2c(noc2C2CC2)-c2cnc(C(C)(O)C(F)(F)F)n21. The summed E-state index contributed by atoms with van der Waals surface area (Å²) in [6, 6.07) is -0.263. The van der Waals surface area contributed by atoms with Crippen molar-refractivity contribution in [2.75, 3.05) is 0 Å². The van der Waals surface area contributed by atoms with Gasteiger partial charge in [-0.05, 0) is 33.1 Å². The summed E-state index contributed by atoms with van der Waals surface area (Å²) in [7, 11) is 0. The summed E-state index contributed by atoms with van der Waals surface area (Å²) in [6.45, 7) is 2.54. The maximum atomic E-state index is 13.2. The number of rotatable bonds is 2. The average Bonchev–Trinajstić information content (AvgIpc) is 3.03. The van der Waals surface area contributed by atoms with Gasteiger partial charge in [-0.3, -0.25) is 0 Å². The van der Waals surface area contributed by atoms with E-state index in [1.807, 2.05) is 6.92 Å². The van der Waals surface area contributed by atoms with Gasteiger partial charge in [-0.1, -0.05) is 5.16 Å². The van der Waals surface area contributed by atoms with Crippen molar-refractivity contribution in [1.29, 1.82) is 0 Å². The number of hydrogen-bond acceptors (Lipinski definition) is 4. The third-order valence-corrected chi connectivity index (χ3v) is 4.73. The van der Waals surface area contributed by atoms with Crippen LogP contribution < -0.4 is 0 Å². The molecule has 1 aliphatic heterocycles. The molecule has 124 valence electrons. The Morgan fingerprint density at radius 2 is 2.04 bits per heavy atom. The van der Waals surface area contributed by atoms with Crippen LogP contribution in [0.3, 0.4) is 0 Å². The van der Waals surface area contributed by atoms with Gasteiger partial charge in [0, 0.05) is 17.5 Å². The van der Waals surface area contributed by atoms with Crippen molar-refractivity contribution < 1.29 is 22.8 Å². The number of halogens is 3. The minimum Gasteiger partial charge on any atom is -0.374 e. The number of hydrogen-bond donors (Lipinski definition) is 1. The molecule has 0 spiro atoms. The van der Waals surface area contributed by atoms with Crippen LogP contribution in [0.2, 0.25) is 0 Å². The Morgan fingerprint density at radius 1 is 1.35 bits per heavy atom. The van der Waals surface area contributed by atoms with Crippen LogP contribution >= 0.6 is 0 Å². The van der Waals surface area contributed by atoms with E-state index in [9.17, 15) is 18.3 Å². The molecule has 8 heteroatoms. The lowest BCUT2D eigenvalue weighted by Gasteiger charge is -2.30. The van der Waals surface area contributed by atoms with Gasteiger partial charge in [-0.25, -0.2) is 4.98 Å². The molecule has 0 bridgehead atoms. The largest absolute Gasteiger partial charge is 0.424 e. The highest BCUT2D eigenvalue weighted by atomic mass is 19.4. The van der Waals surface area contributed by atoms with E-state index >= 15 is 0 Å². The Balaban J connectivity index is 1.86. The van der Waals surface area contributed by atoms with Gasteiger partial charge >= 0.3 is 6.18 Å². The highest BCUT2D eigenvalue weighted by Gasteiger charge is 2.55. The second-order valence-corrected chi connectivity index (χ2v) is 6.61. The van der Waals surface area contributed by atoms with Gasteiger partial charge in [0.15, 0.2) is 5.82 Å². The Labute approximate surface area is 130 Å². The van der Waals surface area contributed by atoms with Crippen molar-refractivity contribution in [2.45, 2.75) is 56.8 Å². The highest BCUT2D eigenvalue weighted by Crippen LogP contribution is 2.48. The second kappa shape index (κ2) is 4.37. The molecule has 2 aromatic heterocycles. The number of aromatic nitrogens is 3. The summed E-state index contributed by atoms with van der Waals surface area (Å²) in [5.41, 5.74) is -1.04. The fraction of sp³-hybridized carbons (Fsp3) is 0.600. The Kier molecular flexibility index (Phi) is 2.80. The zero-order chi connectivity index (χ0) is 16.6. The molecule has 23 heavy (non-hydrogen) atoms. The maximum absolute atomic E-state index is 13.2. The molecule has 4 rings (SSSR count). The fourth-order valence-corrected chi connectivity index (χ4v) is 3.24. The summed E-state index contributed by atoms with van der Waals surface area (Å²) in [6.07, 6.45) is -0.830. The number of fused-ring (bicyclic) bond motifs is 3. The number of imidazole rings is 1. The molecule has 2 aliphatic rings. The highest BCUT2D eigenvalue weighted by molar-refractivity contribution is 5.63. The summed E-state index contributed by atoms with van der Waals surface area (Å²) < 4.78 is 46.4. The lowest BCUT2D eigenvalue weighted by Crippen LogP contribution is -2.42. The van der Waals surface area contributed by atoms with Crippen molar-refractivity contribution >= 4 is 0 Å². The molecule has 0 amide bonds. The van der Waals surface area contributed by atoms with Gasteiger partial charge in [0.05, 0.1) is 11.9 Å². The van der Waals surface area contributed by atoms with E-state index < -0.39 is 17.6 Å². The van der Waals surface area contributed by atoms with Crippen LogP contribution in [-0.4, -0.2) is 26.0 Å². The van der Waals surface area contributed by atoms with Crippen LogP contribution in [0, 0.1) is 0 Å². The van der Waals surface area contributed by atoms with Crippen molar-refractivity contribution in [3.63, 3.8) is 0 Å². The monoisotopic (exact) mass is 327 g/mol. The van der Waals surface area contributed by atoms with E-state index in [1.165, 1.54) is 10.8 Å². The molecule has 1 fully saturated rings. The first kappa shape index (κ1) is 14.7. The van der Waals surface area contributed by atoms with Crippen LogP contribution in [-0.2, 0) is 12.0 Å². The Hall–Kier alpha value is -1.83. The molecular weight excluding hydrogens is 311 g/mol. The lowest BCUT2D eigenvalue weighted by atomic mass is 9.96. The quantitative estimate of drug-likeness (QED) is 0.919. The zero-order valence-corrected chi connectivity index (χ0v) is 12.7. The number of aliphatic hydroxyl groups is 1. The van der Waals surface area contributed by atoms with Gasteiger partial charge < -0.3 is 14.2 Å². The summed E-state index contributed by atoms with van der Waals surface area (Å²) >= 11 is 0. The molecule has 2 aromatic rings. The summed E-state index contributed by atoms with van der Waals surface area (Å²) in [5.74, 6) is 0.822. The van der Waals surface area contributed by atoms with Gasteiger partial charge in [0.2, 0.25) is 5.60 Å². The van der Waals surface area contributed by atoms with Crippen LogP contribution in [0.4, 0.5) is 13.2 Å². The smallest absolute Gasteiger partial charge is 0.374 e. The molecule has 0 saturated heterocycles. The molecule has 0 aromatic carbocycles. The molecule has 2 atom stereocenters. The predicted molar refractivity (Wildman–Crippen MR) is 73.7 cm³/mol. The van der Waals surface area contributed by atoms with Crippen LogP contribution in [0.25, 0.3) is 11.4 Å². The molecular formula is C15H16F3N3O2. The third-order valence-electron chi connectivity index (χ3n) is 4.73. The first-order valence-electron chi connectivity index (χ1n) is 7.57. The topological polar surface area (TPSA) is 64.1 Å². The second-order valence-electron chi connectivity index (χ2n) is 6.61. The first-order valence-corrected chi connectivity index (χ1v) is 7.57. The molecule has 1 saturated carbocycles. The Morgan fingerprint density at radius 3 is 2.65 bits per heavy atom. The van der Waals surface area contributed by atoms with Crippen LogP contribution in [0.15, 0.2) is 10.7 Å². The number of alkyl halides is 3. The van der Waals surface area contributed by atoms with Crippen LogP contribution in [0.1, 0.15) is 55.8 Å². The minimum atomic E-state index is -4.81. The van der Waals surface area contributed by atoms with E-state index in [2.05, 4.69) is 10.1 Å². The zero-order valence-electron chi connectivity index (χ0n) is 12.7. The Bertz CT molecular complexity index is 772. The third kappa shape index (κ3) is 1.97. The van der Waals surface area contributed by atoms with E-state index in [0.717, 1.165) is 31.1 Å². The van der Waals surface area contributed by atoms with Crippen LogP contribution in [0.5, 0.6) is 0 Å². The minimum absolute atomic E-state index is 0.263. The first-order chi connectivity index (χ1) is 10.7. The van der Waals surface area contributed by atoms with Crippen molar-refractivity contribution in [3.8, 4) is 11.4 Å². The normalized spacial score (nSPS) is 23.3. The lowest BCUT2D eigenvalue weighted by molar-refractivity contribution is -0.262. The van der Waals surface area contributed by atoms with Gasteiger partial charge in [0.25, 0.3) is 0 Å². The van der Waals surface area contributed by atoms with Crippen molar-refractivity contribution in [1.82, 2.24) is 14.7 Å². The predicted octanol–water partition coefficient (Wildman–Crippen LogP) is 3.30.